The van der Waals surface area contributed by atoms with E-state index in [2.05, 4.69) is 20.9 Å². The SMILES string of the molecule is NC(=O)CC[CH]c1cccc(Br)n1. The van der Waals surface area contributed by atoms with Gasteiger partial charge in [-0.3, -0.25) is 4.79 Å². The van der Waals surface area contributed by atoms with Gasteiger partial charge in [-0.2, -0.15) is 0 Å². The van der Waals surface area contributed by atoms with E-state index >= 15 is 0 Å². The topological polar surface area (TPSA) is 56.0 Å². The standard InChI is InChI=1S/C9H10BrN2O/c10-8-5-1-3-7(12-8)4-2-6-9(11)13/h1,3-5H,2,6H2,(H2,11,13). The lowest BCUT2D eigenvalue weighted by Gasteiger charge is -1.98. The Kier molecular flexibility index (Phi) is 3.89. The van der Waals surface area contributed by atoms with Crippen molar-refractivity contribution in [3.8, 4) is 0 Å². The quantitative estimate of drug-likeness (QED) is 0.816. The summed E-state index contributed by atoms with van der Waals surface area (Å²) in [5.41, 5.74) is 5.85. The Balaban J connectivity index is 2.41. The molecule has 13 heavy (non-hydrogen) atoms. The molecule has 0 spiro atoms. The number of nitrogens with two attached hydrogens (primary N) is 1. The van der Waals surface area contributed by atoms with Gasteiger partial charge in [0, 0.05) is 18.5 Å². The number of rotatable bonds is 4. The van der Waals surface area contributed by atoms with E-state index in [-0.39, 0.29) is 5.91 Å². The fourth-order valence-electron chi connectivity index (χ4n) is 0.900. The molecule has 1 aromatic rings. The smallest absolute Gasteiger partial charge is 0.217 e. The summed E-state index contributed by atoms with van der Waals surface area (Å²) in [6, 6.07) is 5.63. The number of halogens is 1. The molecular weight excluding hydrogens is 232 g/mol. The molecular formula is C9H10BrN2O. The van der Waals surface area contributed by atoms with Crippen LogP contribution in [-0.4, -0.2) is 10.9 Å². The first-order valence-electron chi connectivity index (χ1n) is 3.92. The van der Waals surface area contributed by atoms with Gasteiger partial charge in [0.1, 0.15) is 4.60 Å². The molecule has 4 heteroatoms. The summed E-state index contributed by atoms with van der Waals surface area (Å²) in [4.78, 5) is 14.6. The summed E-state index contributed by atoms with van der Waals surface area (Å²) in [7, 11) is 0. The minimum Gasteiger partial charge on any atom is -0.370 e. The predicted molar refractivity (Wildman–Crippen MR) is 53.8 cm³/mol. The highest BCUT2D eigenvalue weighted by molar-refractivity contribution is 9.10. The lowest BCUT2D eigenvalue weighted by Crippen LogP contribution is -2.09. The van der Waals surface area contributed by atoms with Crippen molar-refractivity contribution in [1.82, 2.24) is 4.98 Å². The van der Waals surface area contributed by atoms with Crippen LogP contribution in [-0.2, 0) is 4.79 Å². The third kappa shape index (κ3) is 4.03. The Labute approximate surface area is 85.5 Å². The van der Waals surface area contributed by atoms with Gasteiger partial charge in [0.25, 0.3) is 0 Å². The Hall–Kier alpha value is -0.900. The van der Waals surface area contributed by atoms with Crippen LogP contribution in [0, 0.1) is 6.42 Å². The van der Waals surface area contributed by atoms with Crippen LogP contribution in [0.4, 0.5) is 0 Å². The first kappa shape index (κ1) is 10.2. The van der Waals surface area contributed by atoms with Gasteiger partial charge in [-0.15, -0.1) is 0 Å². The van der Waals surface area contributed by atoms with Gasteiger partial charge in [0.15, 0.2) is 0 Å². The molecule has 0 saturated heterocycles. The first-order valence-corrected chi connectivity index (χ1v) is 4.72. The van der Waals surface area contributed by atoms with Gasteiger partial charge in [0.05, 0.1) is 0 Å². The molecule has 0 unspecified atom stereocenters. The number of hydrogen-bond acceptors (Lipinski definition) is 2. The van der Waals surface area contributed by atoms with Crippen LogP contribution in [0.3, 0.4) is 0 Å². The lowest BCUT2D eigenvalue weighted by molar-refractivity contribution is -0.117. The third-order valence-corrected chi connectivity index (χ3v) is 1.92. The molecule has 0 saturated carbocycles. The predicted octanol–water partition coefficient (Wildman–Crippen LogP) is 1.66. The zero-order valence-electron chi connectivity index (χ0n) is 7.03. The second kappa shape index (κ2) is 4.97. The Morgan fingerprint density at radius 2 is 2.38 bits per heavy atom. The van der Waals surface area contributed by atoms with Gasteiger partial charge >= 0.3 is 0 Å². The number of carbonyl (C=O) groups is 1. The molecule has 1 heterocycles. The summed E-state index contributed by atoms with van der Waals surface area (Å²) < 4.78 is 0.792. The number of carbonyl (C=O) groups excluding carboxylic acids is 1. The monoisotopic (exact) mass is 241 g/mol. The van der Waals surface area contributed by atoms with Crippen LogP contribution >= 0.6 is 15.9 Å². The highest BCUT2D eigenvalue weighted by Gasteiger charge is 1.98. The van der Waals surface area contributed by atoms with Crippen LogP contribution in [0.15, 0.2) is 22.8 Å². The molecule has 0 bridgehead atoms. The van der Waals surface area contributed by atoms with Gasteiger partial charge < -0.3 is 5.73 Å². The molecule has 1 radical (unpaired) electrons. The van der Waals surface area contributed by atoms with Crippen molar-refractivity contribution in [2.24, 2.45) is 5.73 Å². The number of nitrogens with zero attached hydrogens (tertiary/aromatic N) is 1. The van der Waals surface area contributed by atoms with E-state index in [1.54, 1.807) is 0 Å². The van der Waals surface area contributed by atoms with Crippen LogP contribution in [0.2, 0.25) is 0 Å². The first-order chi connectivity index (χ1) is 6.18. The second-order valence-corrected chi connectivity index (χ2v) is 3.41. The summed E-state index contributed by atoms with van der Waals surface area (Å²) in [5, 5.41) is 0. The van der Waals surface area contributed by atoms with Crippen molar-refractivity contribution < 1.29 is 4.79 Å². The number of pyridine rings is 1. The number of aromatic nitrogens is 1. The number of primary amides is 1. The van der Waals surface area contributed by atoms with E-state index in [0.717, 1.165) is 10.3 Å². The summed E-state index contributed by atoms with van der Waals surface area (Å²) >= 11 is 3.26. The van der Waals surface area contributed by atoms with Gasteiger partial charge in [-0.25, -0.2) is 4.98 Å². The normalized spacial score (nSPS) is 9.92. The van der Waals surface area contributed by atoms with Crippen molar-refractivity contribution >= 4 is 21.8 Å². The lowest BCUT2D eigenvalue weighted by atomic mass is 10.2. The molecule has 1 amide bonds. The largest absolute Gasteiger partial charge is 0.370 e. The highest BCUT2D eigenvalue weighted by Crippen LogP contribution is 2.09. The van der Waals surface area contributed by atoms with E-state index in [1.807, 2.05) is 24.6 Å². The molecule has 1 rings (SSSR count). The van der Waals surface area contributed by atoms with E-state index in [4.69, 9.17) is 5.73 Å². The third-order valence-electron chi connectivity index (χ3n) is 1.48. The Bertz CT molecular complexity index is 301. The zero-order valence-corrected chi connectivity index (χ0v) is 8.62. The van der Waals surface area contributed by atoms with Crippen molar-refractivity contribution in [1.29, 1.82) is 0 Å². The van der Waals surface area contributed by atoms with Crippen LogP contribution in [0.25, 0.3) is 0 Å². The van der Waals surface area contributed by atoms with Crippen LogP contribution < -0.4 is 5.73 Å². The fourth-order valence-corrected chi connectivity index (χ4v) is 1.26. The fraction of sp³-hybridized carbons (Fsp3) is 0.222. The molecule has 69 valence electrons. The van der Waals surface area contributed by atoms with Gasteiger partial charge in [-0.05, 0) is 34.5 Å². The Morgan fingerprint density at radius 3 is 3.00 bits per heavy atom. The zero-order chi connectivity index (χ0) is 9.68. The number of hydrogen-bond donors (Lipinski definition) is 1. The average molecular weight is 242 g/mol. The number of amides is 1. The summed E-state index contributed by atoms with van der Waals surface area (Å²) in [6.45, 7) is 0. The molecule has 0 aliphatic heterocycles. The molecule has 0 atom stereocenters. The van der Waals surface area contributed by atoms with E-state index in [9.17, 15) is 4.79 Å². The van der Waals surface area contributed by atoms with Crippen molar-refractivity contribution in [2.75, 3.05) is 0 Å². The molecule has 3 nitrogen and oxygen atoms in total. The molecule has 0 fully saturated rings. The maximum atomic E-state index is 10.4. The minimum absolute atomic E-state index is 0.286. The summed E-state index contributed by atoms with van der Waals surface area (Å²) in [5.74, 6) is -0.286. The van der Waals surface area contributed by atoms with Crippen LogP contribution in [0.1, 0.15) is 18.5 Å². The van der Waals surface area contributed by atoms with Gasteiger partial charge in [-0.1, -0.05) is 6.07 Å². The van der Waals surface area contributed by atoms with E-state index in [0.29, 0.717) is 12.8 Å². The highest BCUT2D eigenvalue weighted by atomic mass is 79.9. The van der Waals surface area contributed by atoms with Crippen LogP contribution in [0.5, 0.6) is 0 Å². The second-order valence-electron chi connectivity index (χ2n) is 2.59. The maximum absolute atomic E-state index is 10.4. The van der Waals surface area contributed by atoms with Crippen molar-refractivity contribution in [3.05, 3.63) is 34.9 Å². The van der Waals surface area contributed by atoms with E-state index < -0.39 is 0 Å². The molecule has 1 aromatic heterocycles. The minimum atomic E-state index is -0.286. The van der Waals surface area contributed by atoms with E-state index in [1.165, 1.54) is 0 Å². The molecule has 0 aliphatic rings. The van der Waals surface area contributed by atoms with Gasteiger partial charge in [0.2, 0.25) is 5.91 Å². The summed E-state index contributed by atoms with van der Waals surface area (Å²) in [6.07, 6.45) is 2.89. The molecule has 0 aromatic carbocycles. The maximum Gasteiger partial charge on any atom is 0.217 e. The average Bonchev–Trinajstić information content (AvgIpc) is 2.03. The van der Waals surface area contributed by atoms with Crippen molar-refractivity contribution in [3.63, 3.8) is 0 Å². The molecule has 2 N–H and O–H groups in total. The van der Waals surface area contributed by atoms with Crippen molar-refractivity contribution in [2.45, 2.75) is 12.8 Å². The Morgan fingerprint density at radius 1 is 1.62 bits per heavy atom. The molecule has 0 aliphatic carbocycles.